The Morgan fingerprint density at radius 2 is 2.24 bits per heavy atom. The summed E-state index contributed by atoms with van der Waals surface area (Å²) in [4.78, 5) is 12.6. The number of hydrogen-bond donors (Lipinski definition) is 2. The van der Waals surface area contributed by atoms with E-state index in [-0.39, 0.29) is 10.6 Å². The largest absolute Gasteiger partial charge is 0.389 e. The molecule has 1 fully saturated rings. The van der Waals surface area contributed by atoms with Crippen molar-refractivity contribution < 1.29 is 10.0 Å². The predicted molar refractivity (Wildman–Crippen MR) is 82.8 cm³/mol. The molecular weight excluding hydrogens is 270 g/mol. The fraction of sp³-hybridized carbons (Fsp3) is 0.600. The van der Waals surface area contributed by atoms with Crippen LogP contribution in [-0.2, 0) is 0 Å². The molecule has 1 aliphatic heterocycles. The number of aryl methyl sites for hydroxylation is 1. The van der Waals surface area contributed by atoms with Crippen molar-refractivity contribution in [3.05, 3.63) is 33.9 Å². The molecular formula is C15H23N3O3. The molecule has 2 N–H and O–H groups in total. The molecule has 1 atom stereocenters. The first-order valence-corrected chi connectivity index (χ1v) is 7.22. The van der Waals surface area contributed by atoms with Gasteiger partial charge in [-0.1, -0.05) is 0 Å². The van der Waals surface area contributed by atoms with Gasteiger partial charge in [0.25, 0.3) is 5.69 Å². The van der Waals surface area contributed by atoms with Crippen molar-refractivity contribution in [1.29, 1.82) is 0 Å². The number of benzene rings is 1. The topological polar surface area (TPSA) is 78.6 Å². The lowest BCUT2D eigenvalue weighted by Crippen LogP contribution is -2.41. The molecule has 6 nitrogen and oxygen atoms in total. The molecule has 0 amide bonds. The van der Waals surface area contributed by atoms with Crippen LogP contribution in [0.4, 0.5) is 11.4 Å². The van der Waals surface area contributed by atoms with E-state index in [0.29, 0.717) is 12.6 Å². The van der Waals surface area contributed by atoms with Crippen LogP contribution < -0.4 is 10.2 Å². The van der Waals surface area contributed by atoms with Crippen molar-refractivity contribution in [3.8, 4) is 0 Å². The molecule has 1 aromatic carbocycles. The third kappa shape index (κ3) is 4.15. The zero-order valence-electron chi connectivity index (χ0n) is 12.8. The van der Waals surface area contributed by atoms with Crippen LogP contribution in [0.5, 0.6) is 0 Å². The van der Waals surface area contributed by atoms with E-state index >= 15 is 0 Å². The van der Waals surface area contributed by atoms with Gasteiger partial charge in [-0.05, 0) is 38.8 Å². The Hall–Kier alpha value is -1.66. The number of nitro benzene ring substituents is 1. The van der Waals surface area contributed by atoms with Gasteiger partial charge in [0.1, 0.15) is 0 Å². The van der Waals surface area contributed by atoms with E-state index in [4.69, 9.17) is 0 Å². The minimum Gasteiger partial charge on any atom is -0.389 e. The van der Waals surface area contributed by atoms with Crippen molar-refractivity contribution in [3.63, 3.8) is 0 Å². The van der Waals surface area contributed by atoms with Crippen LogP contribution in [0, 0.1) is 17.0 Å². The SMILES string of the molecule is Cc1cc([N+](=O)[O-])ccc1N1CC[C@@H](NCC(C)(C)O)C1. The molecule has 21 heavy (non-hydrogen) atoms. The Balaban J connectivity index is 2.00. The maximum atomic E-state index is 10.8. The van der Waals surface area contributed by atoms with Crippen LogP contribution in [0.25, 0.3) is 0 Å². The number of aliphatic hydroxyl groups is 1. The van der Waals surface area contributed by atoms with E-state index < -0.39 is 5.60 Å². The zero-order chi connectivity index (χ0) is 15.6. The Kier molecular flexibility index (Phi) is 4.49. The molecule has 0 aliphatic carbocycles. The van der Waals surface area contributed by atoms with Crippen LogP contribution in [0.15, 0.2) is 18.2 Å². The van der Waals surface area contributed by atoms with E-state index in [1.165, 1.54) is 0 Å². The van der Waals surface area contributed by atoms with Crippen LogP contribution in [0.1, 0.15) is 25.8 Å². The first-order chi connectivity index (χ1) is 9.76. The van der Waals surface area contributed by atoms with Crippen LogP contribution in [0.2, 0.25) is 0 Å². The molecule has 2 rings (SSSR count). The highest BCUT2D eigenvalue weighted by atomic mass is 16.6. The Morgan fingerprint density at radius 3 is 2.81 bits per heavy atom. The molecule has 0 aromatic heterocycles. The second kappa shape index (κ2) is 5.99. The number of nitrogens with zero attached hydrogens (tertiary/aromatic N) is 2. The maximum Gasteiger partial charge on any atom is 0.269 e. The number of anilines is 1. The van der Waals surface area contributed by atoms with Gasteiger partial charge in [-0.3, -0.25) is 10.1 Å². The van der Waals surface area contributed by atoms with Crippen LogP contribution in [0.3, 0.4) is 0 Å². The number of non-ortho nitro benzene ring substituents is 1. The van der Waals surface area contributed by atoms with Crippen molar-refractivity contribution in [2.45, 2.75) is 38.8 Å². The predicted octanol–water partition coefficient (Wildman–Crippen LogP) is 1.84. The van der Waals surface area contributed by atoms with E-state index in [9.17, 15) is 15.2 Å². The number of hydrogen-bond acceptors (Lipinski definition) is 5. The van der Waals surface area contributed by atoms with Gasteiger partial charge in [0.2, 0.25) is 0 Å². The highest BCUT2D eigenvalue weighted by molar-refractivity contribution is 5.58. The third-order valence-corrected chi connectivity index (χ3v) is 3.74. The standard InChI is InChI=1S/C15H23N3O3/c1-11-8-13(18(20)21)4-5-14(11)17-7-6-12(9-17)16-10-15(2,3)19/h4-5,8,12,16,19H,6-7,9-10H2,1-3H3/t12-/m1/s1. The fourth-order valence-corrected chi connectivity index (χ4v) is 2.65. The summed E-state index contributed by atoms with van der Waals surface area (Å²) in [5.41, 5.74) is 1.39. The summed E-state index contributed by atoms with van der Waals surface area (Å²) >= 11 is 0. The molecule has 6 heteroatoms. The molecule has 0 bridgehead atoms. The van der Waals surface area contributed by atoms with Crippen molar-refractivity contribution in [2.75, 3.05) is 24.5 Å². The van der Waals surface area contributed by atoms with E-state index in [1.807, 2.05) is 13.0 Å². The minimum absolute atomic E-state index is 0.132. The number of nitro groups is 1. The molecule has 116 valence electrons. The van der Waals surface area contributed by atoms with Crippen molar-refractivity contribution in [2.24, 2.45) is 0 Å². The second-order valence-electron chi connectivity index (χ2n) is 6.35. The molecule has 0 radical (unpaired) electrons. The van der Waals surface area contributed by atoms with Gasteiger partial charge in [0.05, 0.1) is 10.5 Å². The molecule has 1 aliphatic rings. The summed E-state index contributed by atoms with van der Waals surface area (Å²) in [6.07, 6.45) is 1.01. The molecule has 0 saturated carbocycles. The van der Waals surface area contributed by atoms with Gasteiger partial charge in [-0.2, -0.15) is 0 Å². The second-order valence-corrected chi connectivity index (χ2v) is 6.35. The maximum absolute atomic E-state index is 10.8. The minimum atomic E-state index is -0.712. The molecule has 1 saturated heterocycles. The van der Waals surface area contributed by atoms with E-state index in [1.54, 1.807) is 26.0 Å². The normalized spacial score (nSPS) is 19.0. The van der Waals surface area contributed by atoms with Crippen LogP contribution >= 0.6 is 0 Å². The lowest BCUT2D eigenvalue weighted by molar-refractivity contribution is -0.384. The quantitative estimate of drug-likeness (QED) is 0.640. The summed E-state index contributed by atoms with van der Waals surface area (Å²) in [5.74, 6) is 0. The Labute approximate surface area is 124 Å². The summed E-state index contributed by atoms with van der Waals surface area (Å²) in [5, 5.41) is 23.9. The average Bonchev–Trinajstić information content (AvgIpc) is 2.84. The summed E-state index contributed by atoms with van der Waals surface area (Å²) in [6, 6.07) is 5.34. The lowest BCUT2D eigenvalue weighted by atomic mass is 10.1. The molecule has 0 spiro atoms. The zero-order valence-corrected chi connectivity index (χ0v) is 12.8. The molecule has 1 aromatic rings. The smallest absolute Gasteiger partial charge is 0.269 e. The Morgan fingerprint density at radius 1 is 1.52 bits per heavy atom. The summed E-state index contributed by atoms with van der Waals surface area (Å²) < 4.78 is 0. The Bertz CT molecular complexity index is 525. The first-order valence-electron chi connectivity index (χ1n) is 7.22. The third-order valence-electron chi connectivity index (χ3n) is 3.74. The fourth-order valence-electron chi connectivity index (χ4n) is 2.65. The molecule has 1 heterocycles. The average molecular weight is 293 g/mol. The molecule has 0 unspecified atom stereocenters. The van der Waals surface area contributed by atoms with Crippen LogP contribution in [-0.4, -0.2) is 41.3 Å². The van der Waals surface area contributed by atoms with Gasteiger partial charge in [-0.15, -0.1) is 0 Å². The highest BCUT2D eigenvalue weighted by Crippen LogP contribution is 2.27. The van der Waals surface area contributed by atoms with Crippen molar-refractivity contribution in [1.82, 2.24) is 5.32 Å². The lowest BCUT2D eigenvalue weighted by Gasteiger charge is -2.23. The number of rotatable bonds is 5. The van der Waals surface area contributed by atoms with Gasteiger partial charge < -0.3 is 15.3 Å². The van der Waals surface area contributed by atoms with Gasteiger partial charge >= 0.3 is 0 Å². The van der Waals surface area contributed by atoms with E-state index in [2.05, 4.69) is 10.2 Å². The number of nitrogens with one attached hydrogen (secondary N) is 1. The van der Waals surface area contributed by atoms with Gasteiger partial charge in [-0.25, -0.2) is 0 Å². The van der Waals surface area contributed by atoms with Crippen molar-refractivity contribution >= 4 is 11.4 Å². The van der Waals surface area contributed by atoms with Gasteiger partial charge in [0, 0.05) is 43.5 Å². The van der Waals surface area contributed by atoms with E-state index in [0.717, 1.165) is 30.8 Å². The highest BCUT2D eigenvalue weighted by Gasteiger charge is 2.25. The first kappa shape index (κ1) is 15.7. The summed E-state index contributed by atoms with van der Waals surface area (Å²) in [7, 11) is 0. The van der Waals surface area contributed by atoms with Gasteiger partial charge in [0.15, 0.2) is 0 Å². The summed E-state index contributed by atoms with van der Waals surface area (Å²) in [6.45, 7) is 7.81. The monoisotopic (exact) mass is 293 g/mol.